The predicted octanol–water partition coefficient (Wildman–Crippen LogP) is 2.73. The van der Waals surface area contributed by atoms with Crippen LogP contribution in [0.3, 0.4) is 0 Å². The smallest absolute Gasteiger partial charge is 0.0897 e. The molecule has 2 rings (SSSR count). The zero-order valence-electron chi connectivity index (χ0n) is 9.70. The fourth-order valence-corrected chi connectivity index (χ4v) is 2.73. The lowest BCUT2D eigenvalue weighted by molar-refractivity contribution is 0.194. The van der Waals surface area contributed by atoms with E-state index >= 15 is 0 Å². The van der Waals surface area contributed by atoms with Gasteiger partial charge in [0.2, 0.25) is 0 Å². The third kappa shape index (κ3) is 3.28. The number of nitrogens with zero attached hydrogens (tertiary/aromatic N) is 2. The molecule has 0 radical (unpaired) electrons. The molecule has 2 heterocycles. The summed E-state index contributed by atoms with van der Waals surface area (Å²) in [5.41, 5.74) is 1.27. The molecule has 1 aliphatic heterocycles. The van der Waals surface area contributed by atoms with Gasteiger partial charge in [-0.2, -0.15) is 0 Å². The first-order chi connectivity index (χ1) is 7.24. The van der Waals surface area contributed by atoms with E-state index in [-0.39, 0.29) is 0 Å². The summed E-state index contributed by atoms with van der Waals surface area (Å²) in [4.78, 5) is 7.08. The number of aromatic nitrogens is 1. The molecule has 0 bridgehead atoms. The minimum atomic E-state index is 0.933. The second-order valence-corrected chi connectivity index (χ2v) is 5.69. The first-order valence-corrected chi connectivity index (χ1v) is 6.75. The van der Waals surface area contributed by atoms with Gasteiger partial charge in [0.1, 0.15) is 0 Å². The molecule has 1 saturated heterocycles. The third-order valence-corrected chi connectivity index (χ3v) is 4.05. The lowest BCUT2D eigenvalue weighted by Gasteiger charge is -2.29. The van der Waals surface area contributed by atoms with Crippen LogP contribution in [-0.4, -0.2) is 29.5 Å². The van der Waals surface area contributed by atoms with Crippen LogP contribution in [0.5, 0.6) is 0 Å². The van der Waals surface area contributed by atoms with Gasteiger partial charge >= 0.3 is 0 Å². The van der Waals surface area contributed by atoms with Crippen molar-refractivity contribution in [3.63, 3.8) is 0 Å². The number of hydrogen-bond acceptors (Lipinski definition) is 3. The molecule has 0 aromatic carbocycles. The van der Waals surface area contributed by atoms with E-state index < -0.39 is 0 Å². The van der Waals surface area contributed by atoms with Crippen LogP contribution in [0.2, 0.25) is 0 Å². The molecule has 1 aliphatic rings. The first kappa shape index (κ1) is 11.1. The summed E-state index contributed by atoms with van der Waals surface area (Å²) in [6, 6.07) is 0. The SMILES string of the molecule is Cc1nc(CCN2CCC(C)CC2)cs1. The normalized spacial score (nSPS) is 19.6. The Kier molecular flexibility index (Phi) is 3.76. The van der Waals surface area contributed by atoms with Gasteiger partial charge in [-0.05, 0) is 38.8 Å². The molecule has 15 heavy (non-hydrogen) atoms. The molecule has 3 heteroatoms. The maximum Gasteiger partial charge on any atom is 0.0897 e. The van der Waals surface area contributed by atoms with E-state index in [9.17, 15) is 0 Å². The van der Waals surface area contributed by atoms with Crippen LogP contribution in [0, 0.1) is 12.8 Å². The van der Waals surface area contributed by atoms with Crippen molar-refractivity contribution < 1.29 is 0 Å². The Morgan fingerprint density at radius 2 is 2.20 bits per heavy atom. The Balaban J connectivity index is 1.74. The molecule has 1 aromatic rings. The predicted molar refractivity (Wildman–Crippen MR) is 65.4 cm³/mol. The van der Waals surface area contributed by atoms with Crippen LogP contribution in [0.15, 0.2) is 5.38 Å². The van der Waals surface area contributed by atoms with Crippen molar-refractivity contribution in [1.82, 2.24) is 9.88 Å². The van der Waals surface area contributed by atoms with Crippen molar-refractivity contribution in [3.8, 4) is 0 Å². The number of rotatable bonds is 3. The van der Waals surface area contributed by atoms with Crippen molar-refractivity contribution in [3.05, 3.63) is 16.1 Å². The minimum absolute atomic E-state index is 0.933. The Morgan fingerprint density at radius 3 is 2.80 bits per heavy atom. The Hall–Kier alpha value is -0.410. The number of thiazole rings is 1. The number of likely N-dealkylation sites (tertiary alicyclic amines) is 1. The zero-order chi connectivity index (χ0) is 10.7. The highest BCUT2D eigenvalue weighted by Crippen LogP contribution is 2.16. The van der Waals surface area contributed by atoms with Gasteiger partial charge in [-0.15, -0.1) is 11.3 Å². The van der Waals surface area contributed by atoms with Gasteiger partial charge in [-0.1, -0.05) is 6.92 Å². The number of piperidine rings is 1. The molecule has 0 aliphatic carbocycles. The Labute approximate surface area is 96.3 Å². The minimum Gasteiger partial charge on any atom is -0.303 e. The monoisotopic (exact) mass is 224 g/mol. The molecule has 0 amide bonds. The molecule has 2 nitrogen and oxygen atoms in total. The summed E-state index contributed by atoms with van der Waals surface area (Å²) >= 11 is 1.76. The van der Waals surface area contributed by atoms with Crippen molar-refractivity contribution in [2.75, 3.05) is 19.6 Å². The second kappa shape index (κ2) is 5.08. The highest BCUT2D eigenvalue weighted by Gasteiger charge is 2.15. The molecule has 0 spiro atoms. The summed E-state index contributed by atoms with van der Waals surface area (Å²) in [7, 11) is 0. The van der Waals surface area contributed by atoms with Crippen LogP contribution >= 0.6 is 11.3 Å². The van der Waals surface area contributed by atoms with Crippen molar-refractivity contribution >= 4 is 11.3 Å². The maximum absolute atomic E-state index is 4.50. The van der Waals surface area contributed by atoms with Gasteiger partial charge in [0.15, 0.2) is 0 Å². The van der Waals surface area contributed by atoms with Crippen LogP contribution < -0.4 is 0 Å². The first-order valence-electron chi connectivity index (χ1n) is 5.87. The van der Waals surface area contributed by atoms with Crippen molar-refractivity contribution in [2.24, 2.45) is 5.92 Å². The van der Waals surface area contributed by atoms with Crippen LogP contribution in [0.4, 0.5) is 0 Å². The lowest BCUT2D eigenvalue weighted by atomic mass is 9.99. The van der Waals surface area contributed by atoms with Gasteiger partial charge in [-0.3, -0.25) is 0 Å². The van der Waals surface area contributed by atoms with E-state index in [2.05, 4.69) is 29.1 Å². The maximum atomic E-state index is 4.50. The Morgan fingerprint density at radius 1 is 1.47 bits per heavy atom. The molecular weight excluding hydrogens is 204 g/mol. The quantitative estimate of drug-likeness (QED) is 0.785. The van der Waals surface area contributed by atoms with E-state index in [4.69, 9.17) is 0 Å². The summed E-state index contributed by atoms with van der Waals surface area (Å²) in [5.74, 6) is 0.933. The fourth-order valence-electron chi connectivity index (χ4n) is 2.08. The highest BCUT2D eigenvalue weighted by molar-refractivity contribution is 7.09. The average Bonchev–Trinajstić information content (AvgIpc) is 2.64. The molecule has 0 atom stereocenters. The van der Waals surface area contributed by atoms with E-state index in [0.29, 0.717) is 0 Å². The average molecular weight is 224 g/mol. The van der Waals surface area contributed by atoms with Gasteiger partial charge in [0.25, 0.3) is 0 Å². The Bertz CT molecular complexity index is 300. The number of aryl methyl sites for hydroxylation is 1. The van der Waals surface area contributed by atoms with E-state index in [1.54, 1.807) is 11.3 Å². The van der Waals surface area contributed by atoms with Crippen molar-refractivity contribution in [2.45, 2.75) is 33.1 Å². The molecule has 84 valence electrons. The third-order valence-electron chi connectivity index (χ3n) is 3.23. The van der Waals surface area contributed by atoms with E-state index in [0.717, 1.165) is 12.3 Å². The van der Waals surface area contributed by atoms with E-state index in [1.165, 1.54) is 43.2 Å². The summed E-state index contributed by atoms with van der Waals surface area (Å²) in [6.07, 6.45) is 3.87. The second-order valence-electron chi connectivity index (χ2n) is 4.63. The van der Waals surface area contributed by atoms with Gasteiger partial charge in [0, 0.05) is 18.3 Å². The molecule has 0 saturated carbocycles. The van der Waals surface area contributed by atoms with E-state index in [1.807, 2.05) is 0 Å². The summed E-state index contributed by atoms with van der Waals surface area (Å²) in [5, 5.41) is 3.39. The number of hydrogen-bond donors (Lipinski definition) is 0. The summed E-state index contributed by atoms with van der Waals surface area (Å²) in [6.45, 7) is 8.20. The summed E-state index contributed by atoms with van der Waals surface area (Å²) < 4.78 is 0. The lowest BCUT2D eigenvalue weighted by Crippen LogP contribution is -2.34. The van der Waals surface area contributed by atoms with Gasteiger partial charge in [0.05, 0.1) is 10.7 Å². The van der Waals surface area contributed by atoms with Gasteiger partial charge < -0.3 is 4.90 Å². The zero-order valence-corrected chi connectivity index (χ0v) is 10.5. The molecule has 0 unspecified atom stereocenters. The molecule has 1 aromatic heterocycles. The van der Waals surface area contributed by atoms with Crippen LogP contribution in [0.25, 0.3) is 0 Å². The highest BCUT2D eigenvalue weighted by atomic mass is 32.1. The molecule has 1 fully saturated rings. The fraction of sp³-hybridized carbons (Fsp3) is 0.750. The van der Waals surface area contributed by atoms with Crippen LogP contribution in [0.1, 0.15) is 30.5 Å². The molecule has 0 N–H and O–H groups in total. The largest absolute Gasteiger partial charge is 0.303 e. The topological polar surface area (TPSA) is 16.1 Å². The molecular formula is C12H20N2S. The van der Waals surface area contributed by atoms with Gasteiger partial charge in [-0.25, -0.2) is 4.98 Å². The standard InChI is InChI=1S/C12H20N2S/c1-10-3-6-14(7-4-10)8-5-12-9-15-11(2)13-12/h9-10H,3-8H2,1-2H3. The van der Waals surface area contributed by atoms with Crippen LogP contribution in [-0.2, 0) is 6.42 Å². The van der Waals surface area contributed by atoms with Crippen molar-refractivity contribution in [1.29, 1.82) is 0 Å².